The molecule has 0 aliphatic carbocycles. The fourth-order valence-electron chi connectivity index (χ4n) is 2.23. The second kappa shape index (κ2) is 5.88. The van der Waals surface area contributed by atoms with Gasteiger partial charge in [0.1, 0.15) is 16.4 Å². The maximum Gasteiger partial charge on any atom is 0.246 e. The highest BCUT2D eigenvalue weighted by Crippen LogP contribution is 2.25. The summed E-state index contributed by atoms with van der Waals surface area (Å²) >= 11 is 5.64. The molecular weight excluding hydrogens is 340 g/mol. The summed E-state index contributed by atoms with van der Waals surface area (Å²) in [5.41, 5.74) is 0. The molecule has 7 nitrogen and oxygen atoms in total. The van der Waals surface area contributed by atoms with E-state index in [0.717, 1.165) is 6.26 Å². The van der Waals surface area contributed by atoms with Gasteiger partial charge in [-0.05, 0) is 6.92 Å². The average molecular weight is 357 g/mol. The predicted molar refractivity (Wildman–Crippen MR) is 78.2 cm³/mol. The van der Waals surface area contributed by atoms with E-state index in [2.05, 4.69) is 0 Å². The van der Waals surface area contributed by atoms with Crippen LogP contribution < -0.4 is 0 Å². The van der Waals surface area contributed by atoms with Crippen molar-refractivity contribution in [3.63, 3.8) is 0 Å². The minimum Gasteiger partial charge on any atom is -0.464 e. The van der Waals surface area contributed by atoms with E-state index in [1.165, 1.54) is 14.7 Å². The van der Waals surface area contributed by atoms with E-state index in [1.54, 1.807) is 6.92 Å². The lowest BCUT2D eigenvalue weighted by atomic mass is 10.4. The Morgan fingerprint density at radius 1 is 1.14 bits per heavy atom. The molecule has 2 heterocycles. The fraction of sp³-hybridized carbons (Fsp3) is 0.636. The number of alkyl halides is 1. The van der Waals surface area contributed by atoms with Crippen molar-refractivity contribution in [2.45, 2.75) is 17.7 Å². The summed E-state index contributed by atoms with van der Waals surface area (Å²) in [4.78, 5) is 0.0888. The first-order valence-corrected chi connectivity index (χ1v) is 10.1. The van der Waals surface area contributed by atoms with Gasteiger partial charge in [0.05, 0.1) is 12.1 Å². The Kier molecular flexibility index (Phi) is 4.69. The lowest BCUT2D eigenvalue weighted by Gasteiger charge is -2.32. The summed E-state index contributed by atoms with van der Waals surface area (Å²) in [6.45, 7) is 2.11. The number of halogens is 1. The van der Waals surface area contributed by atoms with Gasteiger partial charge >= 0.3 is 0 Å². The zero-order valence-electron chi connectivity index (χ0n) is 11.7. The monoisotopic (exact) mass is 356 g/mol. The minimum atomic E-state index is -3.69. The lowest BCUT2D eigenvalue weighted by molar-refractivity contribution is 0.273. The van der Waals surface area contributed by atoms with Crippen molar-refractivity contribution in [1.82, 2.24) is 8.61 Å². The Balaban J connectivity index is 2.20. The molecule has 0 bridgehead atoms. The van der Waals surface area contributed by atoms with Crippen LogP contribution in [0.1, 0.15) is 11.5 Å². The summed E-state index contributed by atoms with van der Waals surface area (Å²) in [6.07, 6.45) is 1.12. The van der Waals surface area contributed by atoms with Crippen LogP contribution in [-0.2, 0) is 25.9 Å². The molecule has 0 spiro atoms. The van der Waals surface area contributed by atoms with E-state index < -0.39 is 20.0 Å². The SMILES string of the molecule is Cc1oc(CCl)cc1S(=O)(=O)N1CCN(S(C)(=O)=O)CC1. The molecule has 0 saturated carbocycles. The van der Waals surface area contributed by atoms with Gasteiger partial charge in [-0.15, -0.1) is 11.6 Å². The van der Waals surface area contributed by atoms with Gasteiger partial charge in [-0.1, -0.05) is 0 Å². The highest BCUT2D eigenvalue weighted by Gasteiger charge is 2.33. The van der Waals surface area contributed by atoms with Crippen molar-refractivity contribution in [3.8, 4) is 0 Å². The first kappa shape index (κ1) is 16.8. The zero-order valence-corrected chi connectivity index (χ0v) is 14.1. The first-order chi connectivity index (χ1) is 9.66. The second-order valence-electron chi connectivity index (χ2n) is 4.83. The van der Waals surface area contributed by atoms with Crippen LogP contribution in [0, 0.1) is 6.92 Å². The predicted octanol–water partition coefficient (Wildman–Crippen LogP) is 0.593. The van der Waals surface area contributed by atoms with Crippen LogP contribution >= 0.6 is 11.6 Å². The molecule has 1 aliphatic heterocycles. The van der Waals surface area contributed by atoms with E-state index in [-0.39, 0.29) is 42.7 Å². The Hall–Kier alpha value is -0.610. The third-order valence-electron chi connectivity index (χ3n) is 3.34. The van der Waals surface area contributed by atoms with Crippen molar-refractivity contribution in [3.05, 3.63) is 17.6 Å². The van der Waals surface area contributed by atoms with E-state index in [0.29, 0.717) is 5.76 Å². The molecule has 0 aromatic carbocycles. The van der Waals surface area contributed by atoms with Gasteiger partial charge in [-0.3, -0.25) is 0 Å². The maximum atomic E-state index is 12.5. The topological polar surface area (TPSA) is 87.9 Å². The third-order valence-corrected chi connectivity index (χ3v) is 6.91. The van der Waals surface area contributed by atoms with Crippen molar-refractivity contribution in [1.29, 1.82) is 0 Å². The van der Waals surface area contributed by atoms with Crippen LogP contribution in [0.5, 0.6) is 0 Å². The minimum absolute atomic E-state index is 0.0888. The van der Waals surface area contributed by atoms with Crippen LogP contribution in [0.2, 0.25) is 0 Å². The summed E-state index contributed by atoms with van der Waals surface area (Å²) in [5, 5.41) is 0. The van der Waals surface area contributed by atoms with E-state index in [4.69, 9.17) is 16.0 Å². The molecule has 21 heavy (non-hydrogen) atoms. The Morgan fingerprint density at radius 3 is 2.10 bits per heavy atom. The van der Waals surface area contributed by atoms with Crippen molar-refractivity contribution in [2.24, 2.45) is 0 Å². The van der Waals surface area contributed by atoms with Gasteiger partial charge in [0.25, 0.3) is 0 Å². The van der Waals surface area contributed by atoms with Crippen molar-refractivity contribution < 1.29 is 21.3 Å². The number of hydrogen-bond acceptors (Lipinski definition) is 5. The van der Waals surface area contributed by atoms with Crippen LogP contribution in [0.15, 0.2) is 15.4 Å². The molecular formula is C11H17ClN2O5S2. The third kappa shape index (κ3) is 3.42. The van der Waals surface area contributed by atoms with Crippen LogP contribution in [0.3, 0.4) is 0 Å². The van der Waals surface area contributed by atoms with E-state index in [1.807, 2.05) is 0 Å². The Morgan fingerprint density at radius 2 is 1.67 bits per heavy atom. The molecule has 1 saturated heterocycles. The largest absolute Gasteiger partial charge is 0.464 e. The normalized spacial score (nSPS) is 19.0. The fourth-order valence-corrected chi connectivity index (χ4v) is 4.79. The van der Waals surface area contributed by atoms with Crippen molar-refractivity contribution in [2.75, 3.05) is 32.4 Å². The van der Waals surface area contributed by atoms with E-state index in [9.17, 15) is 16.8 Å². The van der Waals surface area contributed by atoms with Gasteiger partial charge in [-0.25, -0.2) is 16.8 Å². The molecule has 1 aliphatic rings. The number of nitrogens with zero attached hydrogens (tertiary/aromatic N) is 2. The molecule has 0 radical (unpaired) electrons. The molecule has 0 atom stereocenters. The van der Waals surface area contributed by atoms with Gasteiger partial charge in [0.15, 0.2) is 0 Å². The summed E-state index contributed by atoms with van der Waals surface area (Å²) in [6, 6.07) is 1.42. The molecule has 2 rings (SSSR count). The number of piperazine rings is 1. The van der Waals surface area contributed by atoms with Crippen LogP contribution in [-0.4, -0.2) is 57.9 Å². The standard InChI is InChI=1S/C11H17ClN2O5S2/c1-9-11(7-10(8-12)19-9)21(17,18)14-5-3-13(4-6-14)20(2,15)16/h7H,3-6,8H2,1-2H3. The number of sulfonamides is 2. The average Bonchev–Trinajstić information content (AvgIpc) is 2.80. The van der Waals surface area contributed by atoms with Gasteiger partial charge in [0, 0.05) is 32.2 Å². The number of hydrogen-bond donors (Lipinski definition) is 0. The first-order valence-electron chi connectivity index (χ1n) is 6.27. The Bertz CT molecular complexity index is 718. The van der Waals surface area contributed by atoms with E-state index >= 15 is 0 Å². The van der Waals surface area contributed by atoms with Gasteiger partial charge in [-0.2, -0.15) is 8.61 Å². The molecule has 0 N–H and O–H groups in total. The molecule has 1 aromatic heterocycles. The second-order valence-corrected chi connectivity index (χ2v) is 8.99. The zero-order chi connectivity index (χ0) is 15.8. The number of rotatable bonds is 4. The molecule has 120 valence electrons. The highest BCUT2D eigenvalue weighted by atomic mass is 35.5. The lowest BCUT2D eigenvalue weighted by Crippen LogP contribution is -2.50. The quantitative estimate of drug-likeness (QED) is 0.737. The maximum absolute atomic E-state index is 12.5. The number of furan rings is 1. The summed E-state index contributed by atoms with van der Waals surface area (Å²) < 4.78 is 55.8. The highest BCUT2D eigenvalue weighted by molar-refractivity contribution is 7.89. The summed E-state index contributed by atoms with van der Waals surface area (Å²) in [5.74, 6) is 0.775. The van der Waals surface area contributed by atoms with Crippen LogP contribution in [0.4, 0.5) is 0 Å². The molecule has 10 heteroatoms. The molecule has 1 aromatic rings. The smallest absolute Gasteiger partial charge is 0.246 e. The molecule has 0 amide bonds. The molecule has 1 fully saturated rings. The van der Waals surface area contributed by atoms with Crippen LogP contribution in [0.25, 0.3) is 0 Å². The summed E-state index contributed by atoms with van der Waals surface area (Å²) in [7, 11) is -6.98. The van der Waals surface area contributed by atoms with Gasteiger partial charge < -0.3 is 4.42 Å². The molecule has 0 unspecified atom stereocenters. The Labute approximate surface area is 129 Å². The van der Waals surface area contributed by atoms with Crippen molar-refractivity contribution >= 4 is 31.6 Å². The van der Waals surface area contributed by atoms with Gasteiger partial charge in [0.2, 0.25) is 20.0 Å². The number of aryl methyl sites for hydroxylation is 1.